The third kappa shape index (κ3) is 7.48. The fraction of sp³-hybridized carbons (Fsp3) is 0.333. The molecule has 0 saturated heterocycles. The standard InChI is InChI=1S/C21H29NO2Si/c1-5-23-21(24-25(2,3)4)18-22(16-19-12-8-6-9-13-19)17-20-14-10-7-11-15-20/h6-15,18H,5,16-17H2,1-4H3/b21-18+. The zero-order chi connectivity index (χ0) is 18.1. The summed E-state index contributed by atoms with van der Waals surface area (Å²) in [5, 5.41) is 0. The zero-order valence-electron chi connectivity index (χ0n) is 15.7. The van der Waals surface area contributed by atoms with E-state index in [9.17, 15) is 0 Å². The molecule has 0 aromatic heterocycles. The molecule has 0 heterocycles. The Morgan fingerprint density at radius 2 is 1.36 bits per heavy atom. The van der Waals surface area contributed by atoms with Crippen LogP contribution in [0.5, 0.6) is 0 Å². The Hall–Kier alpha value is -2.20. The van der Waals surface area contributed by atoms with Crippen molar-refractivity contribution in [3.63, 3.8) is 0 Å². The summed E-state index contributed by atoms with van der Waals surface area (Å²) in [4.78, 5) is 2.25. The molecule has 0 saturated carbocycles. The maximum atomic E-state index is 6.12. The van der Waals surface area contributed by atoms with Gasteiger partial charge in [0, 0.05) is 13.1 Å². The van der Waals surface area contributed by atoms with E-state index in [2.05, 4.69) is 73.1 Å². The lowest BCUT2D eigenvalue weighted by atomic mass is 10.2. The van der Waals surface area contributed by atoms with Gasteiger partial charge in [0.05, 0.1) is 12.8 Å². The molecule has 0 aliphatic heterocycles. The van der Waals surface area contributed by atoms with Gasteiger partial charge in [-0.3, -0.25) is 0 Å². The molecule has 0 atom stereocenters. The predicted molar refractivity (Wildman–Crippen MR) is 106 cm³/mol. The Kier molecular flexibility index (Phi) is 7.13. The van der Waals surface area contributed by atoms with E-state index >= 15 is 0 Å². The van der Waals surface area contributed by atoms with Gasteiger partial charge in [-0.15, -0.1) is 0 Å². The second-order valence-corrected chi connectivity index (χ2v) is 11.4. The van der Waals surface area contributed by atoms with Crippen molar-refractivity contribution < 1.29 is 9.16 Å². The van der Waals surface area contributed by atoms with Crippen LogP contribution in [-0.2, 0) is 22.3 Å². The van der Waals surface area contributed by atoms with Crippen LogP contribution in [-0.4, -0.2) is 19.8 Å². The predicted octanol–water partition coefficient (Wildman–Crippen LogP) is 5.38. The minimum Gasteiger partial charge on any atom is -0.519 e. The molecule has 0 aliphatic rings. The lowest BCUT2D eigenvalue weighted by Crippen LogP contribution is -2.27. The molecule has 134 valence electrons. The molecule has 0 bridgehead atoms. The first kappa shape index (κ1) is 19.1. The summed E-state index contributed by atoms with van der Waals surface area (Å²) in [6.07, 6.45) is 2.02. The van der Waals surface area contributed by atoms with Gasteiger partial charge in [-0.1, -0.05) is 60.7 Å². The van der Waals surface area contributed by atoms with Gasteiger partial charge in [0.1, 0.15) is 0 Å². The van der Waals surface area contributed by atoms with Gasteiger partial charge in [0.25, 0.3) is 5.95 Å². The van der Waals surface area contributed by atoms with Crippen molar-refractivity contribution in [3.8, 4) is 0 Å². The van der Waals surface area contributed by atoms with Gasteiger partial charge in [-0.05, 0) is 37.7 Å². The number of ether oxygens (including phenoxy) is 1. The Morgan fingerprint density at radius 3 is 1.76 bits per heavy atom. The van der Waals surface area contributed by atoms with Crippen LogP contribution in [0.1, 0.15) is 18.1 Å². The smallest absolute Gasteiger partial charge is 0.282 e. The molecular weight excluding hydrogens is 326 g/mol. The van der Waals surface area contributed by atoms with Gasteiger partial charge in [0.15, 0.2) is 0 Å². The first-order valence-corrected chi connectivity index (χ1v) is 12.2. The average molecular weight is 356 g/mol. The molecule has 25 heavy (non-hydrogen) atoms. The maximum Gasteiger partial charge on any atom is 0.282 e. The second kappa shape index (κ2) is 9.32. The van der Waals surface area contributed by atoms with E-state index in [1.165, 1.54) is 11.1 Å². The monoisotopic (exact) mass is 355 g/mol. The van der Waals surface area contributed by atoms with Crippen molar-refractivity contribution in [2.24, 2.45) is 0 Å². The van der Waals surface area contributed by atoms with E-state index < -0.39 is 8.32 Å². The lowest BCUT2D eigenvalue weighted by Gasteiger charge is -2.26. The molecule has 0 spiro atoms. The Labute approximate surface area is 153 Å². The van der Waals surface area contributed by atoms with Crippen LogP contribution in [0.15, 0.2) is 72.8 Å². The van der Waals surface area contributed by atoms with Crippen molar-refractivity contribution in [2.45, 2.75) is 39.7 Å². The Morgan fingerprint density at radius 1 is 0.880 bits per heavy atom. The van der Waals surface area contributed by atoms with Crippen molar-refractivity contribution in [2.75, 3.05) is 6.61 Å². The summed E-state index contributed by atoms with van der Waals surface area (Å²) in [5.41, 5.74) is 2.53. The summed E-state index contributed by atoms with van der Waals surface area (Å²) < 4.78 is 11.9. The van der Waals surface area contributed by atoms with E-state index in [1.54, 1.807) is 0 Å². The molecular formula is C21H29NO2Si. The summed E-state index contributed by atoms with van der Waals surface area (Å²) in [6.45, 7) is 10.7. The molecule has 0 amide bonds. The molecule has 0 aliphatic carbocycles. The number of hydrogen-bond donors (Lipinski definition) is 0. The molecule has 2 aromatic rings. The van der Waals surface area contributed by atoms with Gasteiger partial charge < -0.3 is 14.1 Å². The number of rotatable bonds is 9. The maximum absolute atomic E-state index is 6.12. The van der Waals surface area contributed by atoms with E-state index in [1.807, 2.05) is 25.3 Å². The fourth-order valence-electron chi connectivity index (χ4n) is 2.47. The van der Waals surface area contributed by atoms with Crippen molar-refractivity contribution >= 4 is 8.32 Å². The highest BCUT2D eigenvalue weighted by molar-refractivity contribution is 6.69. The van der Waals surface area contributed by atoms with Crippen LogP contribution in [0.25, 0.3) is 0 Å². The van der Waals surface area contributed by atoms with Crippen molar-refractivity contribution in [1.82, 2.24) is 4.90 Å². The molecule has 0 fully saturated rings. The van der Waals surface area contributed by atoms with E-state index in [4.69, 9.17) is 9.16 Å². The van der Waals surface area contributed by atoms with Gasteiger partial charge in [0.2, 0.25) is 8.32 Å². The quantitative estimate of drug-likeness (QED) is 0.445. The molecule has 4 heteroatoms. The Bertz CT molecular complexity index is 609. The van der Waals surface area contributed by atoms with Crippen molar-refractivity contribution in [1.29, 1.82) is 0 Å². The minimum atomic E-state index is -1.73. The Balaban J connectivity index is 2.23. The van der Waals surface area contributed by atoms with Crippen LogP contribution in [0, 0.1) is 0 Å². The molecule has 3 nitrogen and oxygen atoms in total. The zero-order valence-corrected chi connectivity index (χ0v) is 16.7. The number of benzene rings is 2. The first-order valence-electron chi connectivity index (χ1n) is 8.82. The number of nitrogens with zero attached hydrogens (tertiary/aromatic N) is 1. The molecule has 2 rings (SSSR count). The molecule has 0 unspecified atom stereocenters. The van der Waals surface area contributed by atoms with Crippen LogP contribution in [0.3, 0.4) is 0 Å². The van der Waals surface area contributed by atoms with E-state index in [-0.39, 0.29) is 0 Å². The normalized spacial score (nSPS) is 11.9. The summed E-state index contributed by atoms with van der Waals surface area (Å²) >= 11 is 0. The summed E-state index contributed by atoms with van der Waals surface area (Å²) in [7, 11) is -1.73. The topological polar surface area (TPSA) is 21.7 Å². The van der Waals surface area contributed by atoms with Crippen LogP contribution in [0.4, 0.5) is 0 Å². The van der Waals surface area contributed by atoms with Crippen molar-refractivity contribution in [3.05, 3.63) is 83.9 Å². The average Bonchev–Trinajstić information content (AvgIpc) is 2.55. The lowest BCUT2D eigenvalue weighted by molar-refractivity contribution is 0.102. The van der Waals surface area contributed by atoms with E-state index in [0.29, 0.717) is 12.6 Å². The first-order chi connectivity index (χ1) is 12.0. The van der Waals surface area contributed by atoms with Crippen LogP contribution < -0.4 is 0 Å². The van der Waals surface area contributed by atoms with E-state index in [0.717, 1.165) is 13.1 Å². The minimum absolute atomic E-state index is 0.598. The number of hydrogen-bond acceptors (Lipinski definition) is 3. The highest BCUT2D eigenvalue weighted by atomic mass is 28.4. The summed E-state index contributed by atoms with van der Waals surface area (Å²) in [6, 6.07) is 20.9. The van der Waals surface area contributed by atoms with Gasteiger partial charge in [-0.2, -0.15) is 0 Å². The highest BCUT2D eigenvalue weighted by Crippen LogP contribution is 2.16. The molecule has 0 N–H and O–H groups in total. The fourth-order valence-corrected chi connectivity index (χ4v) is 3.18. The van der Waals surface area contributed by atoms with Crippen LogP contribution >= 0.6 is 0 Å². The van der Waals surface area contributed by atoms with Gasteiger partial charge in [-0.25, -0.2) is 0 Å². The third-order valence-electron chi connectivity index (χ3n) is 3.44. The second-order valence-electron chi connectivity index (χ2n) is 6.97. The third-order valence-corrected chi connectivity index (χ3v) is 4.25. The largest absolute Gasteiger partial charge is 0.519 e. The van der Waals surface area contributed by atoms with Gasteiger partial charge >= 0.3 is 0 Å². The van der Waals surface area contributed by atoms with Crippen LogP contribution in [0.2, 0.25) is 19.6 Å². The summed E-state index contributed by atoms with van der Waals surface area (Å²) in [5.74, 6) is 0.619. The molecule has 2 aromatic carbocycles. The highest BCUT2D eigenvalue weighted by Gasteiger charge is 2.19. The SMILES string of the molecule is CCO/C(=C\N(Cc1ccccc1)Cc1ccccc1)O[Si](C)(C)C. The molecule has 0 radical (unpaired) electrons.